The summed E-state index contributed by atoms with van der Waals surface area (Å²) in [5, 5.41) is 10.0. The molecule has 1 aromatic carbocycles. The number of piperidine rings is 1. The molecular weight excluding hydrogens is 301 g/mol. The van der Waals surface area contributed by atoms with Gasteiger partial charge < -0.3 is 19.5 Å². The van der Waals surface area contributed by atoms with Gasteiger partial charge in [-0.15, -0.1) is 0 Å². The van der Waals surface area contributed by atoms with Crippen LogP contribution in [0.4, 0.5) is 4.39 Å². The van der Waals surface area contributed by atoms with Crippen molar-refractivity contribution in [3.63, 3.8) is 0 Å². The minimum atomic E-state index is -0.628. The second kappa shape index (κ2) is 8.96. The highest BCUT2D eigenvalue weighted by Crippen LogP contribution is 2.18. The summed E-state index contributed by atoms with van der Waals surface area (Å²) in [5.74, 6) is -0.490. The second-order valence-corrected chi connectivity index (χ2v) is 5.86. The molecule has 0 aromatic heterocycles. The van der Waals surface area contributed by atoms with Gasteiger partial charge in [0.25, 0.3) is 0 Å². The lowest BCUT2D eigenvalue weighted by molar-refractivity contribution is -0.147. The van der Waals surface area contributed by atoms with Gasteiger partial charge in [-0.3, -0.25) is 4.79 Å². The van der Waals surface area contributed by atoms with Gasteiger partial charge in [0.1, 0.15) is 5.82 Å². The van der Waals surface area contributed by atoms with E-state index in [1.165, 1.54) is 13.2 Å². The van der Waals surface area contributed by atoms with Crippen molar-refractivity contribution in [3.8, 4) is 0 Å². The number of carbonyl (C=O) groups excluding carboxylic acids is 1. The lowest BCUT2D eigenvalue weighted by Gasteiger charge is -2.31. The largest absolute Gasteiger partial charge is 0.469 e. The van der Waals surface area contributed by atoms with E-state index in [9.17, 15) is 14.3 Å². The molecular formula is C17H24FNO4. The zero-order valence-corrected chi connectivity index (χ0v) is 13.4. The van der Waals surface area contributed by atoms with Gasteiger partial charge in [0.15, 0.2) is 0 Å². The highest BCUT2D eigenvalue weighted by Gasteiger charge is 2.26. The van der Waals surface area contributed by atoms with E-state index < -0.39 is 6.10 Å². The monoisotopic (exact) mass is 325 g/mol. The molecule has 23 heavy (non-hydrogen) atoms. The Morgan fingerprint density at radius 3 is 2.74 bits per heavy atom. The standard InChI is InChI=1S/C17H24FNO4/c1-22-17(21)13-6-8-19(9-7-13)10-15(20)12-23-11-14-4-2-3-5-16(14)18/h2-5,13,15,20H,6-12H2,1H3. The number of benzene rings is 1. The number of halogens is 1. The van der Waals surface area contributed by atoms with Crippen molar-refractivity contribution in [3.05, 3.63) is 35.6 Å². The van der Waals surface area contributed by atoms with Crippen LogP contribution in [0.25, 0.3) is 0 Å². The molecule has 1 N–H and O–H groups in total. The highest BCUT2D eigenvalue weighted by molar-refractivity contribution is 5.72. The van der Waals surface area contributed by atoms with Crippen LogP contribution in [0, 0.1) is 11.7 Å². The minimum Gasteiger partial charge on any atom is -0.469 e. The first-order valence-corrected chi connectivity index (χ1v) is 7.89. The summed E-state index contributed by atoms with van der Waals surface area (Å²) >= 11 is 0. The van der Waals surface area contributed by atoms with Gasteiger partial charge in [-0.25, -0.2) is 4.39 Å². The summed E-state index contributed by atoms with van der Waals surface area (Å²) in [7, 11) is 1.41. The minimum absolute atomic E-state index is 0.0364. The Morgan fingerprint density at radius 1 is 1.39 bits per heavy atom. The van der Waals surface area contributed by atoms with Gasteiger partial charge in [0.05, 0.1) is 32.3 Å². The van der Waals surface area contributed by atoms with Crippen LogP contribution in [0.1, 0.15) is 18.4 Å². The molecule has 1 aliphatic rings. The zero-order valence-electron chi connectivity index (χ0n) is 13.4. The number of carbonyl (C=O) groups is 1. The van der Waals surface area contributed by atoms with E-state index in [2.05, 4.69) is 4.90 Å². The molecule has 2 rings (SSSR count). The zero-order chi connectivity index (χ0) is 16.7. The maximum atomic E-state index is 13.4. The first kappa shape index (κ1) is 17.8. The third-order valence-electron chi connectivity index (χ3n) is 4.12. The molecule has 0 bridgehead atoms. The Labute approximate surface area is 136 Å². The number of rotatable bonds is 7. The Hall–Kier alpha value is -1.50. The quantitative estimate of drug-likeness (QED) is 0.772. The number of aliphatic hydroxyl groups is 1. The van der Waals surface area contributed by atoms with Crippen LogP contribution >= 0.6 is 0 Å². The number of hydrogen-bond donors (Lipinski definition) is 1. The van der Waals surface area contributed by atoms with Gasteiger partial charge in [-0.2, -0.15) is 0 Å². The van der Waals surface area contributed by atoms with Gasteiger partial charge >= 0.3 is 5.97 Å². The summed E-state index contributed by atoms with van der Waals surface area (Å²) in [5.41, 5.74) is 0.485. The molecule has 1 saturated heterocycles. The normalized spacial score (nSPS) is 17.9. The fraction of sp³-hybridized carbons (Fsp3) is 0.588. The summed E-state index contributed by atoms with van der Waals surface area (Å²) < 4.78 is 23.6. The van der Waals surface area contributed by atoms with Crippen molar-refractivity contribution in [2.45, 2.75) is 25.6 Å². The van der Waals surface area contributed by atoms with E-state index in [4.69, 9.17) is 9.47 Å². The van der Waals surface area contributed by atoms with Crippen molar-refractivity contribution >= 4 is 5.97 Å². The van der Waals surface area contributed by atoms with Crippen LogP contribution in [0.15, 0.2) is 24.3 Å². The maximum absolute atomic E-state index is 13.4. The van der Waals surface area contributed by atoms with E-state index in [1.807, 2.05) is 0 Å². The fourth-order valence-corrected chi connectivity index (χ4v) is 2.79. The Balaban J connectivity index is 1.65. The first-order chi connectivity index (χ1) is 11.1. The topological polar surface area (TPSA) is 59.0 Å². The molecule has 0 saturated carbocycles. The number of ether oxygens (including phenoxy) is 2. The predicted molar refractivity (Wildman–Crippen MR) is 83.2 cm³/mol. The third-order valence-corrected chi connectivity index (χ3v) is 4.12. The van der Waals surface area contributed by atoms with Crippen LogP contribution < -0.4 is 0 Å². The molecule has 1 unspecified atom stereocenters. The number of nitrogens with zero attached hydrogens (tertiary/aromatic N) is 1. The van der Waals surface area contributed by atoms with E-state index in [1.54, 1.807) is 18.2 Å². The molecule has 128 valence electrons. The molecule has 0 radical (unpaired) electrons. The molecule has 6 heteroatoms. The molecule has 0 spiro atoms. The van der Waals surface area contributed by atoms with E-state index >= 15 is 0 Å². The van der Waals surface area contributed by atoms with Crippen LogP contribution in [-0.2, 0) is 20.9 Å². The van der Waals surface area contributed by atoms with Gasteiger partial charge in [0.2, 0.25) is 0 Å². The molecule has 0 amide bonds. The smallest absolute Gasteiger partial charge is 0.308 e. The molecule has 0 aliphatic carbocycles. The number of esters is 1. The number of β-amino-alcohol motifs (C(OH)–C–C–N with tert-alkyl or cyclic N) is 1. The molecule has 1 fully saturated rings. The lowest BCUT2D eigenvalue weighted by atomic mass is 9.97. The average Bonchev–Trinajstić information content (AvgIpc) is 2.56. The van der Waals surface area contributed by atoms with E-state index in [0.717, 1.165) is 25.9 Å². The first-order valence-electron chi connectivity index (χ1n) is 7.89. The van der Waals surface area contributed by atoms with Crippen LogP contribution in [0.2, 0.25) is 0 Å². The Kier molecular flexibility index (Phi) is 6.95. The third kappa shape index (κ3) is 5.57. The van der Waals surface area contributed by atoms with Crippen LogP contribution in [-0.4, -0.2) is 55.4 Å². The van der Waals surface area contributed by atoms with Crippen molar-refractivity contribution in [2.75, 3.05) is 33.4 Å². The Bertz CT molecular complexity index is 503. The molecule has 5 nitrogen and oxygen atoms in total. The fourth-order valence-electron chi connectivity index (χ4n) is 2.79. The van der Waals surface area contributed by atoms with Crippen LogP contribution in [0.3, 0.4) is 0 Å². The van der Waals surface area contributed by atoms with Crippen molar-refractivity contribution in [1.29, 1.82) is 0 Å². The van der Waals surface area contributed by atoms with Crippen molar-refractivity contribution in [1.82, 2.24) is 4.90 Å². The molecule has 1 heterocycles. The predicted octanol–water partition coefficient (Wildman–Crippen LogP) is 1.59. The Morgan fingerprint density at radius 2 is 2.09 bits per heavy atom. The van der Waals surface area contributed by atoms with Gasteiger partial charge in [-0.1, -0.05) is 18.2 Å². The average molecular weight is 325 g/mol. The molecule has 1 aromatic rings. The van der Waals surface area contributed by atoms with E-state index in [-0.39, 0.29) is 30.9 Å². The van der Waals surface area contributed by atoms with Crippen molar-refractivity contribution in [2.24, 2.45) is 5.92 Å². The second-order valence-electron chi connectivity index (χ2n) is 5.86. The summed E-state index contributed by atoms with van der Waals surface area (Å²) in [6.07, 6.45) is 0.863. The summed E-state index contributed by atoms with van der Waals surface area (Å²) in [6.45, 7) is 2.30. The highest BCUT2D eigenvalue weighted by atomic mass is 19.1. The number of methoxy groups -OCH3 is 1. The maximum Gasteiger partial charge on any atom is 0.308 e. The van der Waals surface area contributed by atoms with Crippen LogP contribution in [0.5, 0.6) is 0 Å². The van der Waals surface area contributed by atoms with Gasteiger partial charge in [-0.05, 0) is 32.0 Å². The van der Waals surface area contributed by atoms with Crippen molar-refractivity contribution < 1.29 is 23.8 Å². The number of hydrogen-bond acceptors (Lipinski definition) is 5. The SMILES string of the molecule is COC(=O)C1CCN(CC(O)COCc2ccccc2F)CC1. The summed E-state index contributed by atoms with van der Waals surface area (Å²) in [6, 6.07) is 6.44. The van der Waals surface area contributed by atoms with Gasteiger partial charge in [0, 0.05) is 12.1 Å². The lowest BCUT2D eigenvalue weighted by Crippen LogP contribution is -2.41. The molecule has 1 aliphatic heterocycles. The number of likely N-dealkylation sites (tertiary alicyclic amines) is 1. The van der Waals surface area contributed by atoms with E-state index in [0.29, 0.717) is 12.1 Å². The molecule has 1 atom stereocenters. The summed E-state index contributed by atoms with van der Waals surface area (Å²) in [4.78, 5) is 13.6. The number of aliphatic hydroxyl groups excluding tert-OH is 1.